The van der Waals surface area contributed by atoms with Crippen molar-refractivity contribution in [2.24, 2.45) is 0 Å². The van der Waals surface area contributed by atoms with Crippen LogP contribution in [0.3, 0.4) is 0 Å². The van der Waals surface area contributed by atoms with Gasteiger partial charge in [-0.1, -0.05) is 18.3 Å². The minimum Gasteiger partial charge on any atom is -0.493 e. The lowest BCUT2D eigenvalue weighted by Crippen LogP contribution is -2.41. The average molecular weight is 310 g/mol. The number of benzene rings is 1. The van der Waals surface area contributed by atoms with Crippen molar-refractivity contribution in [3.8, 4) is 11.5 Å². The second-order valence-corrected chi connectivity index (χ2v) is 5.16. The Balaban J connectivity index is 1.90. The average Bonchev–Trinajstić information content (AvgIpc) is 2.54. The topological polar surface area (TPSA) is 43.0 Å². The monoisotopic (exact) mass is 310 g/mol. The Bertz CT molecular complexity index is 476. The van der Waals surface area contributed by atoms with Crippen LogP contribution < -0.4 is 14.8 Å². The first-order valence-corrected chi connectivity index (χ1v) is 7.46. The number of rotatable bonds is 6. The minimum absolute atomic E-state index is 0.670. The second kappa shape index (κ2) is 8.17. The fraction of sp³-hybridized carbons (Fsp3) is 0.533. The van der Waals surface area contributed by atoms with E-state index in [2.05, 4.69) is 10.2 Å². The number of morpholine rings is 1. The van der Waals surface area contributed by atoms with Crippen LogP contribution in [-0.4, -0.2) is 63.5 Å². The molecule has 6 heteroatoms. The molecular formula is C15H22N2O3S. The van der Waals surface area contributed by atoms with Crippen LogP contribution >= 0.6 is 12.2 Å². The van der Waals surface area contributed by atoms with Crippen LogP contribution in [0.5, 0.6) is 11.5 Å². The normalized spacial score (nSPS) is 15.5. The molecule has 0 saturated carbocycles. The van der Waals surface area contributed by atoms with Gasteiger partial charge in [-0.3, -0.25) is 4.90 Å². The molecule has 116 valence electrons. The molecule has 1 aliphatic heterocycles. The van der Waals surface area contributed by atoms with Gasteiger partial charge >= 0.3 is 0 Å². The van der Waals surface area contributed by atoms with Gasteiger partial charge in [0.2, 0.25) is 0 Å². The van der Waals surface area contributed by atoms with E-state index < -0.39 is 0 Å². The highest BCUT2D eigenvalue weighted by molar-refractivity contribution is 7.80. The van der Waals surface area contributed by atoms with Crippen LogP contribution in [0, 0.1) is 0 Å². The maximum Gasteiger partial charge on any atom is 0.170 e. The van der Waals surface area contributed by atoms with Gasteiger partial charge in [0.05, 0.1) is 33.0 Å². The van der Waals surface area contributed by atoms with E-state index in [1.54, 1.807) is 14.2 Å². The summed E-state index contributed by atoms with van der Waals surface area (Å²) < 4.78 is 16.0. The second-order valence-electron chi connectivity index (χ2n) is 4.75. The first kappa shape index (κ1) is 16.0. The van der Waals surface area contributed by atoms with Gasteiger partial charge in [-0.15, -0.1) is 0 Å². The molecule has 1 aliphatic rings. The Kier molecular flexibility index (Phi) is 6.22. The highest BCUT2D eigenvalue weighted by atomic mass is 32.1. The van der Waals surface area contributed by atoms with Gasteiger partial charge < -0.3 is 19.5 Å². The third kappa shape index (κ3) is 4.30. The molecule has 1 saturated heterocycles. The van der Waals surface area contributed by atoms with Gasteiger partial charge in [0.15, 0.2) is 11.5 Å². The number of hydrogen-bond donors (Lipinski definition) is 1. The zero-order chi connectivity index (χ0) is 15.1. The number of para-hydroxylation sites is 1. The molecule has 21 heavy (non-hydrogen) atoms. The van der Waals surface area contributed by atoms with Crippen LogP contribution in [0.15, 0.2) is 18.2 Å². The van der Waals surface area contributed by atoms with E-state index >= 15 is 0 Å². The predicted octanol–water partition coefficient (Wildman–Crippen LogP) is 1.30. The fourth-order valence-corrected chi connectivity index (χ4v) is 2.58. The summed E-state index contributed by atoms with van der Waals surface area (Å²) in [4.78, 5) is 3.04. The van der Waals surface area contributed by atoms with E-state index in [4.69, 9.17) is 26.4 Å². The number of methoxy groups -OCH3 is 2. The Hall–Kier alpha value is -1.37. The molecule has 0 unspecified atom stereocenters. The number of hydrogen-bond acceptors (Lipinski definition) is 5. The van der Waals surface area contributed by atoms with Crippen molar-refractivity contribution in [3.63, 3.8) is 0 Å². The SMILES string of the molecule is COc1cccc(C(=S)NCCN2CCOCC2)c1OC. The Morgan fingerprint density at radius 2 is 2.05 bits per heavy atom. The minimum atomic E-state index is 0.670. The largest absolute Gasteiger partial charge is 0.493 e. The highest BCUT2D eigenvalue weighted by Crippen LogP contribution is 2.30. The maximum absolute atomic E-state index is 5.46. The lowest BCUT2D eigenvalue weighted by atomic mass is 10.2. The van der Waals surface area contributed by atoms with E-state index in [9.17, 15) is 0 Å². The van der Waals surface area contributed by atoms with E-state index in [0.717, 1.165) is 45.0 Å². The molecule has 0 aromatic heterocycles. The molecule has 0 amide bonds. The van der Waals surface area contributed by atoms with Gasteiger partial charge in [-0.2, -0.15) is 0 Å². The van der Waals surface area contributed by atoms with E-state index in [1.807, 2.05) is 18.2 Å². The van der Waals surface area contributed by atoms with Crippen molar-refractivity contribution < 1.29 is 14.2 Å². The van der Waals surface area contributed by atoms with Crippen LogP contribution in [0.2, 0.25) is 0 Å². The van der Waals surface area contributed by atoms with E-state index in [1.165, 1.54) is 0 Å². The molecule has 0 atom stereocenters. The summed E-state index contributed by atoms with van der Waals surface area (Å²) in [7, 11) is 3.24. The van der Waals surface area contributed by atoms with E-state index in [-0.39, 0.29) is 0 Å². The molecule has 5 nitrogen and oxygen atoms in total. The van der Waals surface area contributed by atoms with Crippen molar-refractivity contribution in [3.05, 3.63) is 23.8 Å². The number of ether oxygens (including phenoxy) is 3. The van der Waals surface area contributed by atoms with Gasteiger partial charge in [0, 0.05) is 26.2 Å². The highest BCUT2D eigenvalue weighted by Gasteiger charge is 2.14. The molecule has 1 N–H and O–H groups in total. The molecule has 0 radical (unpaired) electrons. The Morgan fingerprint density at radius 1 is 1.29 bits per heavy atom. The third-order valence-electron chi connectivity index (χ3n) is 3.46. The molecule has 2 rings (SSSR count). The molecule has 1 heterocycles. The molecule has 1 aromatic carbocycles. The third-order valence-corrected chi connectivity index (χ3v) is 3.83. The zero-order valence-electron chi connectivity index (χ0n) is 12.6. The molecule has 0 aliphatic carbocycles. The summed E-state index contributed by atoms with van der Waals surface area (Å²) in [6.45, 7) is 5.35. The smallest absolute Gasteiger partial charge is 0.170 e. The lowest BCUT2D eigenvalue weighted by Gasteiger charge is -2.26. The summed E-state index contributed by atoms with van der Waals surface area (Å²) in [6, 6.07) is 5.71. The van der Waals surface area contributed by atoms with Crippen molar-refractivity contribution in [2.75, 3.05) is 53.6 Å². The summed E-state index contributed by atoms with van der Waals surface area (Å²) in [5.74, 6) is 1.36. The Morgan fingerprint density at radius 3 is 2.71 bits per heavy atom. The van der Waals surface area contributed by atoms with Crippen molar-refractivity contribution in [1.29, 1.82) is 0 Å². The van der Waals surface area contributed by atoms with Gasteiger partial charge in [-0.25, -0.2) is 0 Å². The van der Waals surface area contributed by atoms with Crippen molar-refractivity contribution in [2.45, 2.75) is 0 Å². The quantitative estimate of drug-likeness (QED) is 0.799. The van der Waals surface area contributed by atoms with Crippen LogP contribution in [0.4, 0.5) is 0 Å². The van der Waals surface area contributed by atoms with Gasteiger partial charge in [-0.05, 0) is 12.1 Å². The molecule has 0 bridgehead atoms. The lowest BCUT2D eigenvalue weighted by molar-refractivity contribution is 0.0389. The van der Waals surface area contributed by atoms with E-state index in [0.29, 0.717) is 16.5 Å². The molecule has 1 aromatic rings. The standard InChI is InChI=1S/C15H22N2O3S/c1-18-13-5-3-4-12(14(13)19-2)15(21)16-6-7-17-8-10-20-11-9-17/h3-5H,6-11H2,1-2H3,(H,16,21). The summed E-state index contributed by atoms with van der Waals surface area (Å²) in [5.41, 5.74) is 0.855. The zero-order valence-corrected chi connectivity index (χ0v) is 13.4. The molecular weight excluding hydrogens is 288 g/mol. The summed E-state index contributed by atoms with van der Waals surface area (Å²) in [6.07, 6.45) is 0. The number of nitrogens with zero attached hydrogens (tertiary/aromatic N) is 1. The van der Waals surface area contributed by atoms with Crippen molar-refractivity contribution >= 4 is 17.2 Å². The number of thiocarbonyl (C=S) groups is 1. The van der Waals surface area contributed by atoms with Crippen molar-refractivity contribution in [1.82, 2.24) is 10.2 Å². The summed E-state index contributed by atoms with van der Waals surface area (Å²) >= 11 is 5.46. The van der Waals surface area contributed by atoms with Crippen LogP contribution in [0.1, 0.15) is 5.56 Å². The molecule has 1 fully saturated rings. The van der Waals surface area contributed by atoms with Gasteiger partial charge in [0.25, 0.3) is 0 Å². The Labute approximate surface area is 131 Å². The first-order valence-electron chi connectivity index (χ1n) is 7.05. The van der Waals surface area contributed by atoms with Crippen LogP contribution in [-0.2, 0) is 4.74 Å². The molecule has 0 spiro atoms. The fourth-order valence-electron chi connectivity index (χ4n) is 2.31. The van der Waals surface area contributed by atoms with Crippen LogP contribution in [0.25, 0.3) is 0 Å². The maximum atomic E-state index is 5.46. The number of nitrogens with one attached hydrogen (secondary N) is 1. The predicted molar refractivity (Wildman–Crippen MR) is 86.5 cm³/mol. The summed E-state index contributed by atoms with van der Waals surface area (Å²) in [5, 5.41) is 3.29. The van der Waals surface area contributed by atoms with Gasteiger partial charge in [0.1, 0.15) is 4.99 Å². The first-order chi connectivity index (χ1) is 10.3.